The first kappa shape index (κ1) is 20.2. The number of amides is 1. The number of aromatic nitrogens is 4. The molecule has 1 unspecified atom stereocenters. The monoisotopic (exact) mass is 439 g/mol. The summed E-state index contributed by atoms with van der Waals surface area (Å²) in [6.45, 7) is 2.48. The van der Waals surface area contributed by atoms with Gasteiger partial charge in [0.05, 0.1) is 11.6 Å². The number of para-hydroxylation sites is 1. The van der Waals surface area contributed by atoms with E-state index in [9.17, 15) is 4.79 Å². The summed E-state index contributed by atoms with van der Waals surface area (Å²) in [6, 6.07) is 18.7. The highest BCUT2D eigenvalue weighted by molar-refractivity contribution is 6.07. The topological polar surface area (TPSA) is 56.0 Å². The summed E-state index contributed by atoms with van der Waals surface area (Å²) in [6.07, 6.45) is 8.54. The first-order valence-corrected chi connectivity index (χ1v) is 12.1. The Bertz CT molecular complexity index is 1290. The van der Waals surface area contributed by atoms with Crippen molar-refractivity contribution in [3.63, 3.8) is 0 Å². The molecule has 6 heteroatoms. The number of nitrogens with zero attached hydrogens (tertiary/aromatic N) is 5. The zero-order valence-electron chi connectivity index (χ0n) is 18.9. The molecule has 0 radical (unpaired) electrons. The predicted octanol–water partition coefficient (Wildman–Crippen LogP) is 4.98. The van der Waals surface area contributed by atoms with Crippen molar-refractivity contribution in [2.75, 3.05) is 6.54 Å². The zero-order valence-corrected chi connectivity index (χ0v) is 18.9. The number of carbonyl (C=O) groups excluding carboxylic acids is 1. The highest BCUT2D eigenvalue weighted by Gasteiger charge is 2.35. The third-order valence-electron chi connectivity index (χ3n) is 7.16. The highest BCUT2D eigenvalue weighted by Crippen LogP contribution is 2.35. The maximum atomic E-state index is 13.9. The molecule has 0 spiro atoms. The molecule has 33 heavy (non-hydrogen) atoms. The Morgan fingerprint density at radius 3 is 2.67 bits per heavy atom. The molecule has 4 aromatic rings. The molecule has 0 saturated carbocycles. The highest BCUT2D eigenvalue weighted by atomic mass is 16.2. The van der Waals surface area contributed by atoms with Crippen LogP contribution in [0.3, 0.4) is 0 Å². The lowest BCUT2D eigenvalue weighted by molar-refractivity contribution is 0.0729. The van der Waals surface area contributed by atoms with E-state index in [1.807, 2.05) is 29.3 Å². The fourth-order valence-corrected chi connectivity index (χ4v) is 5.52. The third kappa shape index (κ3) is 3.63. The predicted molar refractivity (Wildman–Crippen MR) is 128 cm³/mol. The lowest BCUT2D eigenvalue weighted by Crippen LogP contribution is -2.32. The number of fused-ring (bicyclic) bond motifs is 2. The van der Waals surface area contributed by atoms with Crippen LogP contribution in [-0.4, -0.2) is 36.7 Å². The zero-order chi connectivity index (χ0) is 22.2. The van der Waals surface area contributed by atoms with Crippen LogP contribution >= 0.6 is 0 Å². The van der Waals surface area contributed by atoms with Crippen molar-refractivity contribution in [2.24, 2.45) is 0 Å². The van der Waals surface area contributed by atoms with Crippen LogP contribution in [0.1, 0.15) is 65.7 Å². The van der Waals surface area contributed by atoms with Crippen LogP contribution in [0.2, 0.25) is 0 Å². The van der Waals surface area contributed by atoms with Gasteiger partial charge in [-0.3, -0.25) is 4.79 Å². The van der Waals surface area contributed by atoms with E-state index < -0.39 is 0 Å². The van der Waals surface area contributed by atoms with E-state index in [4.69, 9.17) is 0 Å². The van der Waals surface area contributed by atoms with Crippen LogP contribution in [0.5, 0.6) is 0 Å². The largest absolute Gasteiger partial charge is 0.342 e. The summed E-state index contributed by atoms with van der Waals surface area (Å²) in [5.41, 5.74) is 3.10. The number of benzene rings is 2. The molecule has 168 valence electrons. The number of likely N-dealkylation sites (tertiary alicyclic amines) is 1. The van der Waals surface area contributed by atoms with Gasteiger partial charge in [-0.15, -0.1) is 10.2 Å². The van der Waals surface area contributed by atoms with E-state index in [-0.39, 0.29) is 11.9 Å². The lowest BCUT2D eigenvalue weighted by atomic mass is 10.1. The minimum absolute atomic E-state index is 0.00749. The van der Waals surface area contributed by atoms with Gasteiger partial charge in [-0.25, -0.2) is 0 Å². The fraction of sp³-hybridized carbons (Fsp3) is 0.370. The Morgan fingerprint density at radius 1 is 0.909 bits per heavy atom. The molecule has 4 heterocycles. The molecule has 0 aliphatic carbocycles. The SMILES string of the molecule is O=C(c1cn(Cc2ccccc2)c2ccccc12)N1CCCC1c1nnc2n1CCCCC2. The summed E-state index contributed by atoms with van der Waals surface area (Å²) in [4.78, 5) is 16.0. The molecule has 1 saturated heterocycles. The molecule has 2 aliphatic rings. The normalized spacial score (nSPS) is 18.4. The standard InChI is InChI=1S/C27H29N5O/c33-27(31-17-9-14-24(31)26-29-28-25-15-5-2-8-16-32(25)26)22-19-30(18-20-10-3-1-4-11-20)23-13-7-6-12-21(22)23/h1,3-4,6-7,10-13,19,24H,2,5,8-9,14-18H2. The molecule has 2 aromatic heterocycles. The average Bonchev–Trinajstić information content (AvgIpc) is 3.53. The van der Waals surface area contributed by atoms with Gasteiger partial charge in [-0.05, 0) is 37.3 Å². The van der Waals surface area contributed by atoms with Crippen molar-refractivity contribution in [3.8, 4) is 0 Å². The first-order valence-electron chi connectivity index (χ1n) is 12.1. The van der Waals surface area contributed by atoms with Crippen LogP contribution in [0.15, 0.2) is 60.8 Å². The number of hydrogen-bond donors (Lipinski definition) is 0. The van der Waals surface area contributed by atoms with Crippen LogP contribution in [-0.2, 0) is 19.5 Å². The summed E-state index contributed by atoms with van der Waals surface area (Å²) >= 11 is 0. The van der Waals surface area contributed by atoms with Crippen molar-refractivity contribution in [1.29, 1.82) is 0 Å². The second-order valence-corrected chi connectivity index (χ2v) is 9.27. The van der Waals surface area contributed by atoms with E-state index in [1.54, 1.807) is 0 Å². The van der Waals surface area contributed by atoms with E-state index in [2.05, 4.69) is 55.7 Å². The quantitative estimate of drug-likeness (QED) is 0.450. The van der Waals surface area contributed by atoms with Crippen molar-refractivity contribution in [2.45, 2.75) is 57.7 Å². The Morgan fingerprint density at radius 2 is 1.76 bits per heavy atom. The molecule has 2 aromatic carbocycles. The van der Waals surface area contributed by atoms with Gasteiger partial charge in [0.15, 0.2) is 5.82 Å². The molecule has 6 nitrogen and oxygen atoms in total. The summed E-state index contributed by atoms with van der Waals surface area (Å²) in [5, 5.41) is 10.1. The fourth-order valence-electron chi connectivity index (χ4n) is 5.52. The Kier molecular flexibility index (Phi) is 5.21. The molecule has 0 bridgehead atoms. The van der Waals surface area contributed by atoms with Gasteiger partial charge in [0.25, 0.3) is 5.91 Å². The summed E-state index contributed by atoms with van der Waals surface area (Å²) in [7, 11) is 0. The number of aryl methyl sites for hydroxylation is 1. The second-order valence-electron chi connectivity index (χ2n) is 9.27. The molecule has 6 rings (SSSR count). The second kappa shape index (κ2) is 8.50. The first-order chi connectivity index (χ1) is 16.3. The lowest BCUT2D eigenvalue weighted by Gasteiger charge is -2.24. The van der Waals surface area contributed by atoms with E-state index in [0.717, 1.165) is 73.4 Å². The van der Waals surface area contributed by atoms with E-state index in [0.29, 0.717) is 0 Å². The van der Waals surface area contributed by atoms with E-state index >= 15 is 0 Å². The van der Waals surface area contributed by atoms with Gasteiger partial charge in [0.2, 0.25) is 0 Å². The summed E-state index contributed by atoms with van der Waals surface area (Å²) in [5.74, 6) is 2.17. The minimum atomic E-state index is 0.00749. The average molecular weight is 440 g/mol. The van der Waals surface area contributed by atoms with Crippen molar-refractivity contribution in [3.05, 3.63) is 83.6 Å². The number of carbonyl (C=O) groups is 1. The minimum Gasteiger partial charge on any atom is -0.342 e. The van der Waals surface area contributed by atoms with Crippen molar-refractivity contribution >= 4 is 16.8 Å². The van der Waals surface area contributed by atoms with E-state index in [1.165, 1.54) is 18.4 Å². The van der Waals surface area contributed by atoms with Gasteiger partial charge in [-0.1, -0.05) is 55.0 Å². The van der Waals surface area contributed by atoms with Gasteiger partial charge in [0, 0.05) is 43.2 Å². The number of hydrogen-bond acceptors (Lipinski definition) is 3. The third-order valence-corrected chi connectivity index (χ3v) is 7.16. The van der Waals surface area contributed by atoms with Crippen LogP contribution in [0.25, 0.3) is 10.9 Å². The van der Waals surface area contributed by atoms with Crippen molar-refractivity contribution in [1.82, 2.24) is 24.2 Å². The molecule has 1 amide bonds. The molecule has 0 N–H and O–H groups in total. The van der Waals surface area contributed by atoms with Gasteiger partial charge in [0.1, 0.15) is 5.82 Å². The Balaban J connectivity index is 1.35. The molecule has 2 aliphatic heterocycles. The molecular formula is C27H29N5O. The maximum absolute atomic E-state index is 13.9. The smallest absolute Gasteiger partial charge is 0.256 e. The molecular weight excluding hydrogens is 410 g/mol. The molecule has 1 atom stereocenters. The molecule has 1 fully saturated rings. The van der Waals surface area contributed by atoms with Gasteiger partial charge < -0.3 is 14.0 Å². The van der Waals surface area contributed by atoms with Crippen LogP contribution in [0.4, 0.5) is 0 Å². The van der Waals surface area contributed by atoms with Gasteiger partial charge >= 0.3 is 0 Å². The van der Waals surface area contributed by atoms with Crippen LogP contribution < -0.4 is 0 Å². The van der Waals surface area contributed by atoms with Crippen molar-refractivity contribution < 1.29 is 4.79 Å². The van der Waals surface area contributed by atoms with Crippen LogP contribution in [0, 0.1) is 0 Å². The van der Waals surface area contributed by atoms with Gasteiger partial charge in [-0.2, -0.15) is 0 Å². The summed E-state index contributed by atoms with van der Waals surface area (Å²) < 4.78 is 4.49. The number of rotatable bonds is 4. The Hall–Kier alpha value is -3.41. The Labute approximate surface area is 193 Å². The maximum Gasteiger partial charge on any atom is 0.256 e.